The summed E-state index contributed by atoms with van der Waals surface area (Å²) in [5, 5.41) is 2.14. The summed E-state index contributed by atoms with van der Waals surface area (Å²) in [6.07, 6.45) is 0. The highest BCUT2D eigenvalue weighted by Crippen LogP contribution is 2.49. The Morgan fingerprint density at radius 2 is 1.25 bits per heavy atom. The van der Waals surface area contributed by atoms with Crippen molar-refractivity contribution >= 4 is 38.9 Å². The van der Waals surface area contributed by atoms with Gasteiger partial charge in [0.25, 0.3) is 0 Å². The lowest BCUT2D eigenvalue weighted by Crippen LogP contribution is -2.09. The van der Waals surface area contributed by atoms with Crippen LogP contribution in [-0.2, 0) is 0 Å². The first kappa shape index (κ1) is 23.1. The topological polar surface area (TPSA) is 17.4 Å². The van der Waals surface area contributed by atoms with Crippen LogP contribution in [0.1, 0.15) is 6.85 Å². The van der Waals surface area contributed by atoms with Crippen molar-refractivity contribution in [3.63, 3.8) is 0 Å². The van der Waals surface area contributed by atoms with E-state index in [4.69, 9.17) is 11.6 Å². The average molecular weight is 636 g/mol. The van der Waals surface area contributed by atoms with Gasteiger partial charge in [0.05, 0.1) is 29.1 Å². The lowest BCUT2D eigenvalue weighted by molar-refractivity contribution is 0.478. The highest BCUT2D eigenvalue weighted by molar-refractivity contribution is 6.13. The van der Waals surface area contributed by atoms with Gasteiger partial charge in [0.15, 0.2) is 11.5 Å². The van der Waals surface area contributed by atoms with Gasteiger partial charge in [-0.3, -0.25) is 0 Å². The fourth-order valence-corrected chi connectivity index (χ4v) is 6.59. The Labute approximate surface area is 281 Å². The van der Waals surface area contributed by atoms with Gasteiger partial charge < -0.3 is 14.2 Å². The van der Waals surface area contributed by atoms with E-state index in [1.807, 2.05) is 54.6 Å². The van der Waals surface area contributed by atoms with Crippen molar-refractivity contribution < 1.29 is 24.8 Å². The summed E-state index contributed by atoms with van der Waals surface area (Å²) in [7, 11) is 0. The van der Waals surface area contributed by atoms with Crippen molar-refractivity contribution in [2.75, 3.05) is 4.90 Å². The average Bonchev–Trinajstić information content (AvgIpc) is 3.51. The number of nitrogens with zero attached hydrogens (tertiary/aromatic N) is 2. The van der Waals surface area contributed by atoms with Crippen molar-refractivity contribution in [3.8, 4) is 39.4 Å². The quantitative estimate of drug-likeness (QED) is 0.187. The summed E-state index contributed by atoms with van der Waals surface area (Å²) in [4.78, 5) is 1.50. The number of aromatic nitrogens is 1. The van der Waals surface area contributed by atoms with Crippen molar-refractivity contribution in [2.45, 2.75) is 0 Å². The van der Waals surface area contributed by atoms with E-state index < -0.39 is 53.2 Å². The summed E-state index contributed by atoms with van der Waals surface area (Å²) in [6.45, 7) is 0. The zero-order valence-electron chi connectivity index (χ0n) is 30.0. The second-order valence-corrected chi connectivity index (χ2v) is 11.4. The third kappa shape index (κ3) is 4.37. The Kier molecular flexibility index (Phi) is 5.26. The minimum absolute atomic E-state index is 0.114. The lowest BCUT2D eigenvalue weighted by atomic mass is 10.0. The molecule has 0 radical (unpaired) electrons. The molecule has 8 aromatic rings. The maximum Gasteiger partial charge on any atom is 0.160 e. The summed E-state index contributed by atoms with van der Waals surface area (Å²) < 4.78 is 94.3. The van der Waals surface area contributed by atoms with Crippen molar-refractivity contribution in [1.29, 1.82) is 0 Å². The van der Waals surface area contributed by atoms with Crippen LogP contribution in [0.3, 0.4) is 0 Å². The van der Waals surface area contributed by atoms with E-state index in [1.165, 1.54) is 29.2 Å². The van der Waals surface area contributed by atoms with Gasteiger partial charge in [-0.2, -0.15) is 0 Å². The van der Waals surface area contributed by atoms with Crippen LogP contribution in [0, 0.1) is 17.5 Å². The number of fused-ring (bicyclic) bond motifs is 5. The number of hydrogen-bond donors (Lipinski definition) is 0. The van der Waals surface area contributed by atoms with E-state index in [9.17, 15) is 13.2 Å². The van der Waals surface area contributed by atoms with Crippen LogP contribution in [0.25, 0.3) is 49.7 Å². The molecule has 0 aliphatic carbocycles. The molecule has 0 bridgehead atoms. The second-order valence-electron chi connectivity index (χ2n) is 11.4. The van der Waals surface area contributed by atoms with Gasteiger partial charge in [-0.15, -0.1) is 0 Å². The van der Waals surface area contributed by atoms with Crippen LogP contribution in [0.2, 0.25) is 0 Å². The van der Waals surface area contributed by atoms with Gasteiger partial charge in [0.2, 0.25) is 0 Å². The maximum absolute atomic E-state index is 14.7. The van der Waals surface area contributed by atoms with Crippen molar-refractivity contribution in [2.24, 2.45) is 0 Å². The molecule has 0 saturated heterocycles. The fraction of sp³-hybridized carbons (Fsp3) is 0. The van der Waals surface area contributed by atoms with Gasteiger partial charge in [0.1, 0.15) is 17.5 Å². The largest absolute Gasteiger partial charge is 0.452 e. The molecule has 9 rings (SSSR count). The van der Waals surface area contributed by atoms with Gasteiger partial charge in [-0.25, -0.2) is 13.2 Å². The minimum Gasteiger partial charge on any atom is -0.452 e. The van der Waals surface area contributed by atoms with Gasteiger partial charge in [0, 0.05) is 45.5 Å². The SMILES string of the molecule is [2H]c1c([2H])c([2H])c(N(c2ccc(-c3ccc4c5ccccc5n5c4c3Oc3ccccc3-5)cc2)c2ccc(-c3c(F)cc(F)cc3F)cc2)c([2H])c1[2H]. The molecule has 0 saturated carbocycles. The van der Waals surface area contributed by atoms with Gasteiger partial charge >= 0.3 is 0 Å². The Bertz CT molecular complexity index is 2750. The number of halogens is 3. The van der Waals surface area contributed by atoms with Gasteiger partial charge in [-0.05, 0) is 71.7 Å². The number of para-hydroxylation sites is 4. The van der Waals surface area contributed by atoms with Crippen molar-refractivity contribution in [3.05, 3.63) is 169 Å². The molecule has 7 aromatic carbocycles. The number of rotatable bonds is 5. The lowest BCUT2D eigenvalue weighted by Gasteiger charge is -2.26. The Morgan fingerprint density at radius 3 is 1.98 bits per heavy atom. The molecule has 1 aliphatic heterocycles. The summed E-state index contributed by atoms with van der Waals surface area (Å²) in [5.74, 6) is -1.79. The Morgan fingerprint density at radius 1 is 0.604 bits per heavy atom. The molecule has 3 nitrogen and oxygen atoms in total. The summed E-state index contributed by atoms with van der Waals surface area (Å²) in [6, 6.07) is 32.1. The Hall–Kier alpha value is -6.27. The normalized spacial score (nSPS) is 13.3. The van der Waals surface area contributed by atoms with Crippen LogP contribution in [-0.4, -0.2) is 4.57 Å². The zero-order chi connectivity index (χ0) is 36.7. The third-order valence-electron chi connectivity index (χ3n) is 8.68. The van der Waals surface area contributed by atoms with Crippen molar-refractivity contribution in [1.82, 2.24) is 4.57 Å². The first-order valence-electron chi connectivity index (χ1n) is 17.7. The molecule has 230 valence electrons. The highest BCUT2D eigenvalue weighted by Gasteiger charge is 2.26. The molecule has 1 aliphatic rings. The first-order chi connectivity index (χ1) is 25.6. The van der Waals surface area contributed by atoms with Crippen LogP contribution < -0.4 is 9.64 Å². The molecule has 0 spiro atoms. The van der Waals surface area contributed by atoms with Crippen LogP contribution >= 0.6 is 0 Å². The van der Waals surface area contributed by atoms with E-state index in [0.717, 1.165) is 38.6 Å². The van der Waals surface area contributed by atoms with E-state index in [0.29, 0.717) is 35.0 Å². The number of hydrogen-bond acceptors (Lipinski definition) is 2. The standard InChI is InChI=1S/C42H25F3N2O/c43-28-24-35(44)40(36(45)25-28)27-16-20-31(21-17-27)46(29-8-2-1-3-9-29)30-18-14-26(15-19-30)32-22-23-34-33-10-4-5-11-37(33)47-38-12-6-7-13-39(38)48-42(32)41(34)47/h1-25H/i1D,2D,3D,8D,9D. The molecule has 0 N–H and O–H groups in total. The molecule has 6 heteroatoms. The van der Waals surface area contributed by atoms with E-state index in [-0.39, 0.29) is 11.3 Å². The van der Waals surface area contributed by atoms with E-state index in [2.05, 4.69) is 22.8 Å². The smallest absolute Gasteiger partial charge is 0.160 e. The first-order valence-corrected chi connectivity index (χ1v) is 15.2. The molecule has 0 atom stereocenters. The monoisotopic (exact) mass is 635 g/mol. The maximum atomic E-state index is 14.7. The fourth-order valence-electron chi connectivity index (χ4n) is 6.59. The predicted molar refractivity (Wildman–Crippen MR) is 186 cm³/mol. The molecule has 0 amide bonds. The molecular weight excluding hydrogens is 605 g/mol. The van der Waals surface area contributed by atoms with Crippen LogP contribution in [0.5, 0.6) is 11.5 Å². The highest BCUT2D eigenvalue weighted by atomic mass is 19.1. The molecule has 0 unspecified atom stereocenters. The summed E-state index contributed by atoms with van der Waals surface area (Å²) >= 11 is 0. The summed E-state index contributed by atoms with van der Waals surface area (Å²) in [5.41, 5.74) is 4.95. The Balaban J connectivity index is 1.20. The van der Waals surface area contributed by atoms with E-state index >= 15 is 0 Å². The van der Waals surface area contributed by atoms with Gasteiger partial charge in [-0.1, -0.05) is 78.8 Å². The minimum atomic E-state index is -1.07. The molecule has 1 aromatic heterocycles. The molecular formula is C42H25F3N2O. The number of benzene rings is 7. The molecule has 2 heterocycles. The van der Waals surface area contributed by atoms with Crippen LogP contribution in [0.15, 0.2) is 152 Å². The van der Waals surface area contributed by atoms with E-state index in [1.54, 1.807) is 12.1 Å². The zero-order valence-corrected chi connectivity index (χ0v) is 25.0. The third-order valence-corrected chi connectivity index (χ3v) is 8.68. The van der Waals surface area contributed by atoms with Crippen LogP contribution in [0.4, 0.5) is 30.2 Å². The molecule has 48 heavy (non-hydrogen) atoms. The second kappa shape index (κ2) is 10.9. The number of ether oxygens (including phenoxy) is 1. The number of anilines is 3. The predicted octanol–water partition coefficient (Wildman–Crippen LogP) is 12.1. The molecule has 0 fully saturated rings.